The Morgan fingerprint density at radius 1 is 0.976 bits per heavy atom. The fourth-order valence-electron chi connectivity index (χ4n) is 6.10. The molecule has 12 heteroatoms. The van der Waals surface area contributed by atoms with Gasteiger partial charge >= 0.3 is 6.03 Å². The van der Waals surface area contributed by atoms with Crippen LogP contribution in [-0.2, 0) is 11.2 Å². The van der Waals surface area contributed by atoms with Crippen LogP contribution < -0.4 is 16.2 Å². The second-order valence-electron chi connectivity index (χ2n) is 11.1. The van der Waals surface area contributed by atoms with Crippen LogP contribution in [0.5, 0.6) is 0 Å². The average molecular weight is 593 g/mol. The first kappa shape index (κ1) is 28.2. The highest BCUT2D eigenvalue weighted by Gasteiger charge is 2.42. The van der Waals surface area contributed by atoms with Gasteiger partial charge in [0, 0.05) is 55.4 Å². The number of nitrogens with one attached hydrogen (secondary N) is 3. The highest BCUT2D eigenvalue weighted by molar-refractivity contribution is 8.00. The molecule has 1 aromatic heterocycles. The van der Waals surface area contributed by atoms with Gasteiger partial charge in [-0.1, -0.05) is 30.7 Å². The van der Waals surface area contributed by atoms with Gasteiger partial charge in [0.25, 0.3) is 11.5 Å². The molecule has 0 saturated carbocycles. The second-order valence-corrected chi connectivity index (χ2v) is 12.3. The van der Waals surface area contributed by atoms with Crippen LogP contribution in [0.2, 0.25) is 0 Å². The Balaban J connectivity index is 1.00. The van der Waals surface area contributed by atoms with Crippen molar-refractivity contribution in [2.24, 2.45) is 0 Å². The normalized spacial score (nSPS) is 21.7. The maximum Gasteiger partial charge on any atom is 0.315 e. The van der Waals surface area contributed by atoms with Gasteiger partial charge in [0.1, 0.15) is 5.82 Å². The fourth-order valence-corrected chi connectivity index (χ4v) is 7.64. The molecule has 3 aliphatic heterocycles. The fraction of sp³-hybridized carbons (Fsp3) is 0.433. The molecule has 0 bridgehead atoms. The average Bonchev–Trinajstić information content (AvgIpc) is 3.56. The minimum absolute atomic E-state index is 0.0123. The summed E-state index contributed by atoms with van der Waals surface area (Å²) in [6.45, 7) is 1.52. The first-order valence-electron chi connectivity index (χ1n) is 14.4. The molecule has 3 atom stereocenters. The molecule has 3 fully saturated rings. The van der Waals surface area contributed by atoms with Gasteiger partial charge in [-0.25, -0.2) is 14.3 Å². The number of carbonyl (C=O) groups is 3. The molecule has 3 aliphatic rings. The lowest BCUT2D eigenvalue weighted by atomic mass is 10.0. The lowest BCUT2D eigenvalue weighted by molar-refractivity contribution is -0.132. The third-order valence-electron chi connectivity index (χ3n) is 8.39. The van der Waals surface area contributed by atoms with Crippen molar-refractivity contribution < 1.29 is 18.8 Å². The molecular formula is C30H33FN6O4S. The second kappa shape index (κ2) is 12.1. The van der Waals surface area contributed by atoms with Gasteiger partial charge in [0.05, 0.1) is 28.7 Å². The van der Waals surface area contributed by atoms with E-state index in [9.17, 15) is 23.6 Å². The van der Waals surface area contributed by atoms with Gasteiger partial charge in [-0.3, -0.25) is 14.4 Å². The van der Waals surface area contributed by atoms with E-state index in [-0.39, 0.29) is 35.1 Å². The van der Waals surface area contributed by atoms with Crippen molar-refractivity contribution in [2.75, 3.05) is 31.9 Å². The third kappa shape index (κ3) is 5.85. The van der Waals surface area contributed by atoms with Crippen molar-refractivity contribution in [1.82, 2.24) is 30.6 Å². The number of benzene rings is 2. The van der Waals surface area contributed by atoms with E-state index in [1.165, 1.54) is 6.07 Å². The molecule has 4 amide bonds. The molecule has 3 aromatic rings. The maximum atomic E-state index is 14.8. The maximum absolute atomic E-state index is 14.8. The molecule has 2 aromatic carbocycles. The number of fused-ring (bicyclic) bond motifs is 2. The number of urea groups is 1. The summed E-state index contributed by atoms with van der Waals surface area (Å²) in [5.41, 5.74) is 1.05. The van der Waals surface area contributed by atoms with Crippen LogP contribution in [0.25, 0.3) is 10.8 Å². The largest absolute Gasteiger partial charge is 0.339 e. The summed E-state index contributed by atoms with van der Waals surface area (Å²) in [4.78, 5) is 53.1. The van der Waals surface area contributed by atoms with Crippen LogP contribution in [0.15, 0.2) is 47.3 Å². The molecular weight excluding hydrogens is 559 g/mol. The Hall–Kier alpha value is -3.93. The number of hydrogen-bond donors (Lipinski definition) is 3. The standard InChI is InChI=1S/C30H33FN6O4S/c31-22-10-9-18(16-23-19-5-1-2-6-20(19)28(39)35-34-23)15-21(22)29(40)37-13-11-36(12-14-37)26(38)8-4-3-7-25-27-24(17-42-25)32-30(41)33-27/h1-2,5-6,9-10,15,24-25,27H,3-4,7-8,11-14,16-17H2,(H,35,39)(H2,32,33,41)/t24-,25-,27-/m0/s1. The SMILES string of the molecule is O=C1N[C@H]2[C@H](CS[C@H]2CCCCC(=O)N2CCN(C(=O)c3cc(Cc4n[nH]c(=O)c5ccccc45)ccc3F)CC2)N1. The number of nitrogens with zero attached hydrogens (tertiary/aromatic N) is 3. The number of carbonyl (C=O) groups excluding carboxylic acids is 3. The summed E-state index contributed by atoms with van der Waals surface area (Å²) in [7, 11) is 0. The lowest BCUT2D eigenvalue weighted by Crippen LogP contribution is -2.50. The topological polar surface area (TPSA) is 128 Å². The van der Waals surface area contributed by atoms with Gasteiger partial charge in [-0.2, -0.15) is 16.9 Å². The number of hydrogen-bond acceptors (Lipinski definition) is 6. The van der Waals surface area contributed by atoms with E-state index in [1.54, 1.807) is 34.1 Å². The number of piperazine rings is 1. The molecule has 0 spiro atoms. The van der Waals surface area contributed by atoms with Crippen molar-refractivity contribution in [3.05, 3.63) is 75.5 Å². The van der Waals surface area contributed by atoms with Crippen molar-refractivity contribution in [2.45, 2.75) is 49.4 Å². The Morgan fingerprint density at radius 3 is 2.55 bits per heavy atom. The quantitative estimate of drug-likeness (QED) is 0.273. The van der Waals surface area contributed by atoms with E-state index >= 15 is 0 Å². The summed E-state index contributed by atoms with van der Waals surface area (Å²) in [6, 6.07) is 11.9. The summed E-state index contributed by atoms with van der Waals surface area (Å²) in [5.74, 6) is -0.000243. The van der Waals surface area contributed by atoms with Crippen LogP contribution >= 0.6 is 11.8 Å². The molecule has 0 aliphatic carbocycles. The van der Waals surface area contributed by atoms with Gasteiger partial charge in [0.2, 0.25) is 5.91 Å². The number of unbranched alkanes of at least 4 members (excludes halogenated alkanes) is 1. The zero-order chi connectivity index (χ0) is 29.2. The van der Waals surface area contributed by atoms with Crippen molar-refractivity contribution in [1.29, 1.82) is 0 Å². The number of rotatable bonds is 8. The van der Waals surface area contributed by atoms with E-state index in [1.807, 2.05) is 23.9 Å². The number of aromatic amines is 1. The smallest absolute Gasteiger partial charge is 0.315 e. The number of amides is 4. The molecule has 42 heavy (non-hydrogen) atoms. The summed E-state index contributed by atoms with van der Waals surface area (Å²) >= 11 is 1.87. The van der Waals surface area contributed by atoms with Crippen LogP contribution in [0.1, 0.15) is 47.3 Å². The summed E-state index contributed by atoms with van der Waals surface area (Å²) in [5, 5.41) is 14.3. The van der Waals surface area contributed by atoms with E-state index in [2.05, 4.69) is 20.8 Å². The molecule has 0 radical (unpaired) electrons. The van der Waals surface area contributed by atoms with Crippen LogP contribution in [0.4, 0.5) is 9.18 Å². The van der Waals surface area contributed by atoms with E-state index in [4.69, 9.17) is 0 Å². The van der Waals surface area contributed by atoms with Gasteiger partial charge in [0.15, 0.2) is 0 Å². The predicted molar refractivity (Wildman–Crippen MR) is 158 cm³/mol. The van der Waals surface area contributed by atoms with Crippen molar-refractivity contribution >= 4 is 40.4 Å². The molecule has 3 N–H and O–H groups in total. The minimum atomic E-state index is -0.596. The van der Waals surface area contributed by atoms with E-state index < -0.39 is 11.7 Å². The number of aromatic nitrogens is 2. The Bertz CT molecular complexity index is 1570. The predicted octanol–water partition coefficient (Wildman–Crippen LogP) is 2.66. The van der Waals surface area contributed by atoms with Crippen LogP contribution in [-0.4, -0.2) is 87.1 Å². The van der Waals surface area contributed by atoms with Crippen LogP contribution in [0.3, 0.4) is 0 Å². The van der Waals surface area contributed by atoms with Crippen LogP contribution in [0, 0.1) is 5.82 Å². The molecule has 4 heterocycles. The third-order valence-corrected chi connectivity index (χ3v) is 9.90. The first-order chi connectivity index (χ1) is 20.4. The van der Waals surface area contributed by atoms with Gasteiger partial charge in [-0.05, 0) is 36.6 Å². The van der Waals surface area contributed by atoms with Crippen molar-refractivity contribution in [3.8, 4) is 0 Å². The molecule has 220 valence electrons. The Kier molecular flexibility index (Phi) is 8.14. The molecule has 10 nitrogen and oxygen atoms in total. The van der Waals surface area contributed by atoms with Crippen molar-refractivity contribution in [3.63, 3.8) is 0 Å². The lowest BCUT2D eigenvalue weighted by Gasteiger charge is -2.35. The number of halogens is 1. The first-order valence-corrected chi connectivity index (χ1v) is 15.4. The van der Waals surface area contributed by atoms with E-state index in [0.717, 1.165) is 25.0 Å². The van der Waals surface area contributed by atoms with E-state index in [0.29, 0.717) is 66.3 Å². The highest BCUT2D eigenvalue weighted by atomic mass is 32.2. The Morgan fingerprint density at radius 2 is 1.74 bits per heavy atom. The number of H-pyrrole nitrogens is 1. The van der Waals surface area contributed by atoms with Gasteiger partial charge in [-0.15, -0.1) is 0 Å². The minimum Gasteiger partial charge on any atom is -0.339 e. The zero-order valence-electron chi connectivity index (χ0n) is 23.1. The molecule has 6 rings (SSSR count). The van der Waals surface area contributed by atoms with Gasteiger partial charge < -0.3 is 20.4 Å². The monoisotopic (exact) mass is 592 g/mol. The number of thioether (sulfide) groups is 1. The zero-order valence-corrected chi connectivity index (χ0v) is 23.9. The summed E-state index contributed by atoms with van der Waals surface area (Å²) < 4.78 is 14.8. The Labute approximate surface area is 246 Å². The highest BCUT2D eigenvalue weighted by Crippen LogP contribution is 2.33. The summed E-state index contributed by atoms with van der Waals surface area (Å²) in [6.07, 6.45) is 3.44. The molecule has 3 saturated heterocycles. The molecule has 0 unspecified atom stereocenters.